The van der Waals surface area contributed by atoms with Gasteiger partial charge in [-0.1, -0.05) is 41.6 Å². The minimum Gasteiger partial charge on any atom is -0.349 e. The van der Waals surface area contributed by atoms with Crippen molar-refractivity contribution in [1.29, 1.82) is 0 Å². The molecule has 0 fully saturated rings. The minimum absolute atomic E-state index is 0.134. The summed E-state index contributed by atoms with van der Waals surface area (Å²) in [4.78, 5) is 16.8. The zero-order valence-corrected chi connectivity index (χ0v) is 17.2. The molecular formula is C23H22FN5O2. The van der Waals surface area contributed by atoms with Crippen LogP contribution < -0.4 is 5.32 Å². The van der Waals surface area contributed by atoms with Crippen LogP contribution in [0.25, 0.3) is 17.1 Å². The van der Waals surface area contributed by atoms with E-state index in [-0.39, 0.29) is 24.2 Å². The topological polar surface area (TPSA) is 85.8 Å². The molecule has 158 valence electrons. The SMILES string of the molecule is Cc1c([C@@H](C)NC(=O)CCc2nc(-c3ccccc3)no2)cnn1-c1cccc(F)c1. The number of benzene rings is 2. The molecule has 0 unspecified atom stereocenters. The van der Waals surface area contributed by atoms with Crippen molar-refractivity contribution in [3.63, 3.8) is 0 Å². The van der Waals surface area contributed by atoms with Crippen LogP contribution in [0, 0.1) is 12.7 Å². The number of nitrogens with one attached hydrogen (secondary N) is 1. The van der Waals surface area contributed by atoms with Crippen molar-refractivity contribution in [2.24, 2.45) is 0 Å². The van der Waals surface area contributed by atoms with E-state index < -0.39 is 0 Å². The second-order valence-corrected chi connectivity index (χ2v) is 7.24. The van der Waals surface area contributed by atoms with Crippen LogP contribution in [0.2, 0.25) is 0 Å². The Morgan fingerprint density at radius 3 is 2.77 bits per heavy atom. The number of aryl methyl sites for hydroxylation is 1. The quantitative estimate of drug-likeness (QED) is 0.486. The molecule has 1 atom stereocenters. The average molecular weight is 419 g/mol. The molecule has 0 spiro atoms. The van der Waals surface area contributed by atoms with E-state index in [2.05, 4.69) is 20.6 Å². The number of carbonyl (C=O) groups is 1. The predicted molar refractivity (Wildman–Crippen MR) is 113 cm³/mol. The number of hydrogen-bond acceptors (Lipinski definition) is 5. The first-order chi connectivity index (χ1) is 15.0. The van der Waals surface area contributed by atoms with Crippen LogP contribution >= 0.6 is 0 Å². The van der Waals surface area contributed by atoms with Gasteiger partial charge in [0.25, 0.3) is 0 Å². The van der Waals surface area contributed by atoms with Crippen LogP contribution in [0.3, 0.4) is 0 Å². The highest BCUT2D eigenvalue weighted by atomic mass is 19.1. The van der Waals surface area contributed by atoms with E-state index in [0.29, 0.717) is 23.8 Å². The van der Waals surface area contributed by atoms with Crippen molar-refractivity contribution < 1.29 is 13.7 Å². The molecule has 0 aliphatic carbocycles. The molecule has 4 rings (SSSR count). The predicted octanol–water partition coefficient (Wildman–Crippen LogP) is 4.18. The number of amides is 1. The number of aromatic nitrogens is 4. The van der Waals surface area contributed by atoms with Crippen molar-refractivity contribution in [3.8, 4) is 17.1 Å². The summed E-state index contributed by atoms with van der Waals surface area (Å²) in [6.45, 7) is 3.78. The molecule has 7 nitrogen and oxygen atoms in total. The van der Waals surface area contributed by atoms with Crippen molar-refractivity contribution in [1.82, 2.24) is 25.2 Å². The fourth-order valence-electron chi connectivity index (χ4n) is 3.39. The molecule has 0 saturated heterocycles. The number of halogens is 1. The van der Waals surface area contributed by atoms with Gasteiger partial charge in [0.1, 0.15) is 5.82 Å². The summed E-state index contributed by atoms with van der Waals surface area (Å²) in [7, 11) is 0. The highest BCUT2D eigenvalue weighted by Gasteiger charge is 2.17. The van der Waals surface area contributed by atoms with Crippen molar-refractivity contribution >= 4 is 5.91 Å². The average Bonchev–Trinajstić information content (AvgIpc) is 3.40. The van der Waals surface area contributed by atoms with Gasteiger partial charge in [-0.05, 0) is 32.0 Å². The van der Waals surface area contributed by atoms with Crippen molar-refractivity contribution in [3.05, 3.63) is 83.8 Å². The lowest BCUT2D eigenvalue weighted by Gasteiger charge is -2.14. The van der Waals surface area contributed by atoms with Gasteiger partial charge in [-0.15, -0.1) is 0 Å². The molecule has 1 amide bonds. The molecule has 8 heteroatoms. The number of rotatable bonds is 7. The van der Waals surface area contributed by atoms with Crippen LogP contribution in [0.15, 0.2) is 65.3 Å². The lowest BCUT2D eigenvalue weighted by Crippen LogP contribution is -2.27. The molecule has 0 aliphatic heterocycles. The molecule has 4 aromatic rings. The first-order valence-corrected chi connectivity index (χ1v) is 9.99. The minimum atomic E-state index is -0.327. The lowest BCUT2D eigenvalue weighted by atomic mass is 10.1. The number of nitrogens with zero attached hydrogens (tertiary/aromatic N) is 4. The maximum Gasteiger partial charge on any atom is 0.227 e. The maximum absolute atomic E-state index is 13.5. The van der Waals surface area contributed by atoms with Gasteiger partial charge < -0.3 is 9.84 Å². The Hall–Kier alpha value is -3.81. The van der Waals surface area contributed by atoms with Crippen LogP contribution in [-0.4, -0.2) is 25.8 Å². The molecule has 2 aromatic carbocycles. The van der Waals surface area contributed by atoms with Gasteiger partial charge >= 0.3 is 0 Å². The summed E-state index contributed by atoms with van der Waals surface area (Å²) in [6, 6.07) is 15.5. The van der Waals surface area contributed by atoms with Gasteiger partial charge in [0, 0.05) is 29.7 Å². The Morgan fingerprint density at radius 2 is 2.00 bits per heavy atom. The molecule has 2 aromatic heterocycles. The highest BCUT2D eigenvalue weighted by Crippen LogP contribution is 2.21. The first-order valence-electron chi connectivity index (χ1n) is 9.99. The monoisotopic (exact) mass is 419 g/mol. The summed E-state index contributed by atoms with van der Waals surface area (Å²) in [5, 5.41) is 11.3. The van der Waals surface area contributed by atoms with Crippen molar-refractivity contribution in [2.75, 3.05) is 0 Å². The number of carbonyl (C=O) groups excluding carboxylic acids is 1. The second-order valence-electron chi connectivity index (χ2n) is 7.24. The number of hydrogen-bond donors (Lipinski definition) is 1. The van der Waals surface area contributed by atoms with Crippen LogP contribution in [0.4, 0.5) is 4.39 Å². The normalized spacial score (nSPS) is 12.0. The third-order valence-electron chi connectivity index (χ3n) is 5.01. The Morgan fingerprint density at radius 1 is 1.19 bits per heavy atom. The zero-order valence-electron chi connectivity index (χ0n) is 17.2. The van der Waals surface area contributed by atoms with Gasteiger partial charge in [0.05, 0.1) is 17.9 Å². The molecular weight excluding hydrogens is 397 g/mol. The fraction of sp³-hybridized carbons (Fsp3) is 0.217. The summed E-state index contributed by atoms with van der Waals surface area (Å²) in [5.41, 5.74) is 3.19. The van der Waals surface area contributed by atoms with Gasteiger partial charge in [-0.25, -0.2) is 9.07 Å². The summed E-state index contributed by atoms with van der Waals surface area (Å²) in [6.07, 6.45) is 2.26. The molecule has 2 heterocycles. The highest BCUT2D eigenvalue weighted by molar-refractivity contribution is 5.76. The second kappa shape index (κ2) is 8.91. The van der Waals surface area contributed by atoms with E-state index in [1.165, 1.54) is 12.1 Å². The third-order valence-corrected chi connectivity index (χ3v) is 5.01. The lowest BCUT2D eigenvalue weighted by molar-refractivity contribution is -0.121. The van der Waals surface area contributed by atoms with E-state index >= 15 is 0 Å². The first kappa shape index (κ1) is 20.5. The van der Waals surface area contributed by atoms with Gasteiger partial charge in [0.2, 0.25) is 17.6 Å². The molecule has 0 saturated carbocycles. The Balaban J connectivity index is 1.36. The smallest absolute Gasteiger partial charge is 0.227 e. The van der Waals surface area contributed by atoms with Crippen LogP contribution in [0.5, 0.6) is 0 Å². The van der Waals surface area contributed by atoms with E-state index in [9.17, 15) is 9.18 Å². The molecule has 31 heavy (non-hydrogen) atoms. The maximum atomic E-state index is 13.5. The third kappa shape index (κ3) is 4.69. The molecule has 0 aliphatic rings. The van der Waals surface area contributed by atoms with Gasteiger partial charge in [-0.3, -0.25) is 4.79 Å². The molecule has 0 bridgehead atoms. The van der Waals surface area contributed by atoms with E-state index in [4.69, 9.17) is 4.52 Å². The standard InChI is InChI=1S/C23H22FN5O2/c1-15(20-14-25-29(16(20)2)19-10-6-9-18(24)13-19)26-21(30)11-12-22-27-23(28-31-22)17-7-4-3-5-8-17/h3-10,13-15H,11-12H2,1-2H3,(H,26,30)/t15-/m1/s1. The van der Waals surface area contributed by atoms with Crippen molar-refractivity contribution in [2.45, 2.75) is 32.7 Å². The molecule has 1 N–H and O–H groups in total. The van der Waals surface area contributed by atoms with Gasteiger partial charge in [0.15, 0.2) is 0 Å². The van der Waals surface area contributed by atoms with E-state index in [0.717, 1.165) is 16.8 Å². The van der Waals surface area contributed by atoms with Gasteiger partial charge in [-0.2, -0.15) is 10.1 Å². The Kier molecular flexibility index (Phi) is 5.88. The Labute approximate surface area is 178 Å². The fourth-order valence-corrected chi connectivity index (χ4v) is 3.39. The summed E-state index contributed by atoms with van der Waals surface area (Å²) >= 11 is 0. The summed E-state index contributed by atoms with van der Waals surface area (Å²) in [5.74, 6) is 0.457. The Bertz CT molecular complexity index is 1190. The van der Waals surface area contributed by atoms with E-state index in [1.54, 1.807) is 23.0 Å². The van der Waals surface area contributed by atoms with E-state index in [1.807, 2.05) is 44.2 Å². The zero-order chi connectivity index (χ0) is 21.8. The summed E-state index contributed by atoms with van der Waals surface area (Å²) < 4.78 is 20.4. The largest absolute Gasteiger partial charge is 0.349 e. The van der Waals surface area contributed by atoms with Crippen LogP contribution in [-0.2, 0) is 11.2 Å². The molecule has 0 radical (unpaired) electrons. The van der Waals surface area contributed by atoms with Crippen LogP contribution in [0.1, 0.15) is 36.5 Å².